The smallest absolute Gasteiger partial charge is 0.416 e. The van der Waals surface area contributed by atoms with E-state index in [1.807, 2.05) is 6.92 Å². The van der Waals surface area contributed by atoms with Gasteiger partial charge in [0.2, 0.25) is 5.88 Å². The summed E-state index contributed by atoms with van der Waals surface area (Å²) in [7, 11) is 3.38. The van der Waals surface area contributed by atoms with Gasteiger partial charge in [0.1, 0.15) is 12.4 Å². The predicted octanol–water partition coefficient (Wildman–Crippen LogP) is 2.92. The number of methoxy groups -OCH3 is 1. The lowest BCUT2D eigenvalue weighted by atomic mass is 10.2. The maximum Gasteiger partial charge on any atom is 0.416 e. The number of rotatable bonds is 7. The van der Waals surface area contributed by atoms with Crippen LogP contribution < -0.4 is 14.8 Å². The van der Waals surface area contributed by atoms with Crippen molar-refractivity contribution in [1.82, 2.24) is 15.1 Å². The number of benzene rings is 1. The lowest BCUT2D eigenvalue weighted by molar-refractivity contribution is -0.137. The zero-order valence-electron chi connectivity index (χ0n) is 13.8. The molecule has 0 spiro atoms. The maximum absolute atomic E-state index is 12.6. The molecule has 0 aliphatic rings. The molecular weight excluding hydrogens is 323 g/mol. The van der Waals surface area contributed by atoms with Gasteiger partial charge in [0.25, 0.3) is 0 Å². The lowest BCUT2D eigenvalue weighted by Gasteiger charge is -2.11. The number of aryl methyl sites for hydroxylation is 2. The second kappa shape index (κ2) is 7.57. The first-order chi connectivity index (χ1) is 11.3. The molecule has 1 heterocycles. The molecule has 0 aliphatic heterocycles. The van der Waals surface area contributed by atoms with Crippen molar-refractivity contribution in [1.29, 1.82) is 0 Å². The van der Waals surface area contributed by atoms with Gasteiger partial charge in [-0.05, 0) is 25.1 Å². The fourth-order valence-corrected chi connectivity index (χ4v) is 2.36. The summed E-state index contributed by atoms with van der Waals surface area (Å²) in [5, 5.41) is 7.44. The molecule has 1 aromatic carbocycles. The Hall–Kier alpha value is -2.22. The summed E-state index contributed by atoms with van der Waals surface area (Å²) in [5.74, 6) is 0.876. The summed E-state index contributed by atoms with van der Waals surface area (Å²) in [6, 6.07) is 4.84. The first-order valence-corrected chi connectivity index (χ1v) is 7.40. The Kier molecular flexibility index (Phi) is 5.71. The van der Waals surface area contributed by atoms with E-state index in [1.54, 1.807) is 18.8 Å². The molecule has 0 aliphatic carbocycles. The van der Waals surface area contributed by atoms with Crippen LogP contribution >= 0.6 is 0 Å². The molecule has 0 fully saturated rings. The second-order valence-electron chi connectivity index (χ2n) is 5.25. The van der Waals surface area contributed by atoms with Crippen LogP contribution in [0.3, 0.4) is 0 Å². The topological polar surface area (TPSA) is 48.3 Å². The molecule has 0 saturated heterocycles. The van der Waals surface area contributed by atoms with Gasteiger partial charge < -0.3 is 14.8 Å². The number of nitrogens with one attached hydrogen (secondary N) is 1. The first kappa shape index (κ1) is 18.1. The van der Waals surface area contributed by atoms with Crippen LogP contribution in [0.2, 0.25) is 0 Å². The van der Waals surface area contributed by atoms with Crippen LogP contribution in [-0.2, 0) is 19.8 Å². The normalized spacial score (nSPS) is 11.6. The minimum Gasteiger partial charge on any atom is -0.492 e. The van der Waals surface area contributed by atoms with Crippen molar-refractivity contribution in [3.05, 3.63) is 41.1 Å². The maximum atomic E-state index is 12.6. The standard InChI is InChI=1S/C16H20F3N3O2/c1-11-14(15(23-3)22(2)21-11)10-20-7-8-24-13-6-4-5-12(9-13)16(17,18)19/h4-6,9,20H,7-8,10H2,1-3H3. The highest BCUT2D eigenvalue weighted by atomic mass is 19.4. The van der Waals surface area contributed by atoms with E-state index in [0.29, 0.717) is 19.0 Å². The Morgan fingerprint density at radius 2 is 2.04 bits per heavy atom. The highest BCUT2D eigenvalue weighted by molar-refractivity contribution is 5.31. The largest absolute Gasteiger partial charge is 0.492 e. The van der Waals surface area contributed by atoms with Crippen molar-refractivity contribution in [2.45, 2.75) is 19.6 Å². The van der Waals surface area contributed by atoms with E-state index in [9.17, 15) is 13.2 Å². The molecule has 0 bridgehead atoms. The van der Waals surface area contributed by atoms with Gasteiger partial charge in [0.05, 0.1) is 23.9 Å². The van der Waals surface area contributed by atoms with E-state index < -0.39 is 11.7 Å². The Balaban J connectivity index is 1.82. The highest BCUT2D eigenvalue weighted by Gasteiger charge is 2.30. The van der Waals surface area contributed by atoms with Crippen molar-refractivity contribution >= 4 is 0 Å². The SMILES string of the molecule is COc1c(CNCCOc2cccc(C(F)(F)F)c2)c(C)nn1C. The van der Waals surface area contributed by atoms with Crippen molar-refractivity contribution < 1.29 is 22.6 Å². The van der Waals surface area contributed by atoms with Crippen LogP contribution in [0.25, 0.3) is 0 Å². The summed E-state index contributed by atoms with van der Waals surface area (Å²) in [6.45, 7) is 3.16. The number of alkyl halides is 3. The molecule has 5 nitrogen and oxygen atoms in total. The average Bonchev–Trinajstić information content (AvgIpc) is 2.79. The van der Waals surface area contributed by atoms with Crippen molar-refractivity contribution in [2.75, 3.05) is 20.3 Å². The van der Waals surface area contributed by atoms with E-state index in [-0.39, 0.29) is 12.4 Å². The third-order valence-corrected chi connectivity index (χ3v) is 3.49. The first-order valence-electron chi connectivity index (χ1n) is 7.40. The van der Waals surface area contributed by atoms with Crippen LogP contribution in [0.4, 0.5) is 13.2 Å². The fraction of sp³-hybridized carbons (Fsp3) is 0.438. The van der Waals surface area contributed by atoms with Crippen LogP contribution in [-0.4, -0.2) is 30.0 Å². The zero-order chi connectivity index (χ0) is 17.7. The van der Waals surface area contributed by atoms with Crippen LogP contribution in [0.15, 0.2) is 24.3 Å². The monoisotopic (exact) mass is 343 g/mol. The van der Waals surface area contributed by atoms with Crippen molar-refractivity contribution in [3.63, 3.8) is 0 Å². The number of hydrogen-bond donors (Lipinski definition) is 1. The molecule has 0 saturated carbocycles. The Bertz CT molecular complexity index is 684. The van der Waals surface area contributed by atoms with Gasteiger partial charge in [-0.25, -0.2) is 4.68 Å². The Morgan fingerprint density at radius 1 is 1.29 bits per heavy atom. The number of hydrogen-bond acceptors (Lipinski definition) is 4. The summed E-state index contributed by atoms with van der Waals surface area (Å²) >= 11 is 0. The highest BCUT2D eigenvalue weighted by Crippen LogP contribution is 2.31. The molecule has 0 amide bonds. The summed E-state index contributed by atoms with van der Waals surface area (Å²) in [5.41, 5.74) is 1.09. The quantitative estimate of drug-likeness (QED) is 0.786. The molecule has 0 radical (unpaired) electrons. The van der Waals surface area contributed by atoms with E-state index in [4.69, 9.17) is 9.47 Å². The van der Waals surface area contributed by atoms with E-state index in [2.05, 4.69) is 10.4 Å². The number of aromatic nitrogens is 2. The molecule has 2 rings (SSSR count). The van der Waals surface area contributed by atoms with Gasteiger partial charge in [-0.3, -0.25) is 0 Å². The molecule has 1 aromatic heterocycles. The number of ether oxygens (including phenoxy) is 2. The molecule has 0 unspecified atom stereocenters. The molecule has 24 heavy (non-hydrogen) atoms. The van der Waals surface area contributed by atoms with E-state index in [0.717, 1.165) is 23.4 Å². The minimum absolute atomic E-state index is 0.196. The van der Waals surface area contributed by atoms with Crippen molar-refractivity contribution in [3.8, 4) is 11.6 Å². The third kappa shape index (κ3) is 4.41. The van der Waals surface area contributed by atoms with Crippen LogP contribution in [0, 0.1) is 6.92 Å². The fourth-order valence-electron chi connectivity index (χ4n) is 2.36. The lowest BCUT2D eigenvalue weighted by Crippen LogP contribution is -2.21. The van der Waals surface area contributed by atoms with Crippen LogP contribution in [0.5, 0.6) is 11.6 Å². The van der Waals surface area contributed by atoms with Gasteiger partial charge in [-0.1, -0.05) is 6.07 Å². The summed E-state index contributed by atoms with van der Waals surface area (Å²) in [6.07, 6.45) is -4.37. The predicted molar refractivity (Wildman–Crippen MR) is 83.1 cm³/mol. The summed E-state index contributed by atoms with van der Waals surface area (Å²) in [4.78, 5) is 0. The Labute approximate surface area is 138 Å². The van der Waals surface area contributed by atoms with Crippen molar-refractivity contribution in [2.24, 2.45) is 7.05 Å². The van der Waals surface area contributed by atoms with Crippen LogP contribution in [0.1, 0.15) is 16.8 Å². The van der Waals surface area contributed by atoms with Gasteiger partial charge >= 0.3 is 6.18 Å². The minimum atomic E-state index is -4.37. The van der Waals surface area contributed by atoms with Gasteiger partial charge in [0, 0.05) is 20.1 Å². The molecule has 8 heteroatoms. The third-order valence-electron chi connectivity index (χ3n) is 3.49. The zero-order valence-corrected chi connectivity index (χ0v) is 13.8. The number of nitrogens with zero attached hydrogens (tertiary/aromatic N) is 2. The second-order valence-corrected chi connectivity index (χ2v) is 5.25. The van der Waals surface area contributed by atoms with Gasteiger partial charge in [-0.15, -0.1) is 0 Å². The van der Waals surface area contributed by atoms with E-state index >= 15 is 0 Å². The molecule has 0 atom stereocenters. The Morgan fingerprint density at radius 3 is 2.71 bits per heavy atom. The van der Waals surface area contributed by atoms with Gasteiger partial charge in [-0.2, -0.15) is 18.3 Å². The molecule has 2 aromatic rings. The molecular formula is C16H20F3N3O2. The summed E-state index contributed by atoms with van der Waals surface area (Å²) < 4.78 is 50.2. The van der Waals surface area contributed by atoms with Gasteiger partial charge in [0.15, 0.2) is 0 Å². The number of halogens is 3. The van der Waals surface area contributed by atoms with E-state index in [1.165, 1.54) is 12.1 Å². The molecule has 132 valence electrons. The molecule has 1 N–H and O–H groups in total. The average molecular weight is 343 g/mol.